The predicted octanol–water partition coefficient (Wildman–Crippen LogP) is -0.313. The first-order chi connectivity index (χ1) is 16.7. The van der Waals surface area contributed by atoms with Crippen molar-refractivity contribution in [3.8, 4) is 0 Å². The SMILES string of the molecule is CC(=O)N[C@H](Cc1ccccc1)C(=O)N(CC(=O)N[C@@H](CCCNC(=N)N)B(O)O)C1CCCC1.Cl. The number of nitrogens with two attached hydrogens (primary N) is 1. The molecule has 3 amide bonds. The molecule has 0 aromatic heterocycles. The molecule has 1 fully saturated rings. The summed E-state index contributed by atoms with van der Waals surface area (Å²) in [7, 11) is -1.78. The van der Waals surface area contributed by atoms with E-state index in [2.05, 4.69) is 16.0 Å². The van der Waals surface area contributed by atoms with Crippen LogP contribution >= 0.6 is 12.4 Å². The number of hydrogen-bond acceptors (Lipinski definition) is 6. The monoisotopic (exact) mass is 524 g/mol. The van der Waals surface area contributed by atoms with E-state index in [0.717, 1.165) is 31.2 Å². The van der Waals surface area contributed by atoms with Crippen molar-refractivity contribution in [3.63, 3.8) is 0 Å². The Balaban J connectivity index is 0.00000648. The van der Waals surface area contributed by atoms with Gasteiger partial charge in [0.05, 0.1) is 12.5 Å². The number of guanidine groups is 1. The molecule has 2 rings (SSSR count). The van der Waals surface area contributed by atoms with E-state index in [1.54, 1.807) is 0 Å². The van der Waals surface area contributed by atoms with Gasteiger partial charge in [-0.2, -0.15) is 0 Å². The van der Waals surface area contributed by atoms with Crippen LogP contribution in [0.5, 0.6) is 0 Å². The Bertz CT molecular complexity index is 857. The van der Waals surface area contributed by atoms with Gasteiger partial charge in [-0.25, -0.2) is 0 Å². The van der Waals surface area contributed by atoms with Crippen molar-refractivity contribution in [1.29, 1.82) is 5.41 Å². The normalized spacial score (nSPS) is 14.6. The maximum atomic E-state index is 13.6. The molecule has 0 heterocycles. The summed E-state index contributed by atoms with van der Waals surface area (Å²) >= 11 is 0. The summed E-state index contributed by atoms with van der Waals surface area (Å²) in [5.41, 5.74) is 6.12. The highest BCUT2D eigenvalue weighted by atomic mass is 35.5. The molecule has 0 spiro atoms. The first-order valence-corrected chi connectivity index (χ1v) is 12.0. The number of amides is 3. The first kappa shape index (κ1) is 31.2. The van der Waals surface area contributed by atoms with Crippen LogP contribution < -0.4 is 21.7 Å². The summed E-state index contributed by atoms with van der Waals surface area (Å²) in [6, 6.07) is 8.40. The number of rotatable bonds is 13. The molecule has 2 atom stereocenters. The molecular formula is C23H38BClN6O5. The lowest BCUT2D eigenvalue weighted by atomic mass is 9.76. The van der Waals surface area contributed by atoms with Gasteiger partial charge in [-0.15, -0.1) is 12.4 Å². The van der Waals surface area contributed by atoms with Crippen LogP contribution in [0.2, 0.25) is 0 Å². The zero-order chi connectivity index (χ0) is 25.8. The lowest BCUT2D eigenvalue weighted by Gasteiger charge is -2.32. The minimum Gasteiger partial charge on any atom is -0.426 e. The van der Waals surface area contributed by atoms with Crippen molar-refractivity contribution in [2.45, 2.75) is 69.9 Å². The highest BCUT2D eigenvalue weighted by Gasteiger charge is 2.34. The van der Waals surface area contributed by atoms with Gasteiger partial charge < -0.3 is 36.6 Å². The van der Waals surface area contributed by atoms with E-state index in [4.69, 9.17) is 11.1 Å². The second-order valence-corrected chi connectivity index (χ2v) is 8.92. The Morgan fingerprint density at radius 3 is 2.36 bits per heavy atom. The summed E-state index contributed by atoms with van der Waals surface area (Å²) in [6.45, 7) is 1.45. The van der Waals surface area contributed by atoms with Gasteiger partial charge in [0.25, 0.3) is 0 Å². The second kappa shape index (κ2) is 16.0. The highest BCUT2D eigenvalue weighted by Crippen LogP contribution is 2.24. The average Bonchev–Trinajstić information content (AvgIpc) is 3.33. The number of nitrogens with one attached hydrogen (secondary N) is 4. The molecule has 1 saturated carbocycles. The van der Waals surface area contributed by atoms with E-state index in [9.17, 15) is 24.4 Å². The smallest absolute Gasteiger partial charge is 0.426 e. The van der Waals surface area contributed by atoms with Crippen LogP contribution in [0, 0.1) is 5.41 Å². The molecule has 11 nitrogen and oxygen atoms in total. The quantitative estimate of drug-likeness (QED) is 0.0799. The summed E-state index contributed by atoms with van der Waals surface area (Å²) in [5.74, 6) is -2.31. The van der Waals surface area contributed by atoms with Crippen molar-refractivity contribution in [2.75, 3.05) is 13.1 Å². The maximum Gasteiger partial charge on any atom is 0.475 e. The molecule has 1 aliphatic rings. The molecule has 13 heteroatoms. The molecule has 200 valence electrons. The minimum atomic E-state index is -1.78. The van der Waals surface area contributed by atoms with Crippen molar-refractivity contribution < 1.29 is 24.4 Å². The Kier molecular flexibility index (Phi) is 13.9. The van der Waals surface area contributed by atoms with E-state index < -0.39 is 25.0 Å². The lowest BCUT2D eigenvalue weighted by Crippen LogP contribution is -2.56. The largest absolute Gasteiger partial charge is 0.475 e. The van der Waals surface area contributed by atoms with Gasteiger partial charge in [0.1, 0.15) is 6.04 Å². The zero-order valence-corrected chi connectivity index (χ0v) is 21.4. The van der Waals surface area contributed by atoms with Gasteiger partial charge in [-0.05, 0) is 31.2 Å². The van der Waals surface area contributed by atoms with Crippen molar-refractivity contribution >= 4 is 43.2 Å². The number of hydrogen-bond donors (Lipinski definition) is 7. The van der Waals surface area contributed by atoms with Crippen LogP contribution in [0.25, 0.3) is 0 Å². The van der Waals surface area contributed by atoms with E-state index in [-0.39, 0.29) is 49.2 Å². The number of halogens is 1. The van der Waals surface area contributed by atoms with Crippen LogP contribution in [0.4, 0.5) is 0 Å². The van der Waals surface area contributed by atoms with E-state index in [1.165, 1.54) is 11.8 Å². The number of benzene rings is 1. The zero-order valence-electron chi connectivity index (χ0n) is 20.6. The van der Waals surface area contributed by atoms with E-state index in [0.29, 0.717) is 19.4 Å². The van der Waals surface area contributed by atoms with Gasteiger partial charge in [0.2, 0.25) is 17.7 Å². The standard InChI is InChI=1S/C23H37BN6O5.ClH/c1-16(31)28-19(14-17-8-3-2-4-9-17)22(33)30(18-10-5-6-11-18)15-21(32)29-20(24(34)35)12-7-13-27-23(25)26;/h2-4,8-9,18-20,34-35H,5-7,10-15H2,1H3,(H,28,31)(H,29,32)(H4,25,26,27);1H/t19-,20+;/m1./s1. The lowest BCUT2D eigenvalue weighted by molar-refractivity contribution is -0.141. The van der Waals surface area contributed by atoms with Crippen LogP contribution in [0.15, 0.2) is 30.3 Å². The fourth-order valence-electron chi connectivity index (χ4n) is 4.35. The average molecular weight is 525 g/mol. The molecule has 0 saturated heterocycles. The summed E-state index contributed by atoms with van der Waals surface area (Å²) in [6.07, 6.45) is 4.39. The van der Waals surface area contributed by atoms with E-state index in [1.807, 2.05) is 30.3 Å². The predicted molar refractivity (Wildman–Crippen MR) is 140 cm³/mol. The van der Waals surface area contributed by atoms with Crippen LogP contribution in [0.1, 0.15) is 51.0 Å². The van der Waals surface area contributed by atoms with E-state index >= 15 is 0 Å². The Morgan fingerprint density at radius 1 is 1.17 bits per heavy atom. The summed E-state index contributed by atoms with van der Waals surface area (Å²) in [4.78, 5) is 39.9. The molecule has 0 aliphatic heterocycles. The number of carbonyl (C=O) groups excluding carboxylic acids is 3. The summed E-state index contributed by atoms with van der Waals surface area (Å²) < 4.78 is 0. The number of carbonyl (C=O) groups is 3. The summed E-state index contributed by atoms with van der Waals surface area (Å²) in [5, 5.41) is 34.5. The first-order valence-electron chi connectivity index (χ1n) is 12.0. The Morgan fingerprint density at radius 2 is 1.81 bits per heavy atom. The fourth-order valence-corrected chi connectivity index (χ4v) is 4.35. The topological polar surface area (TPSA) is 181 Å². The van der Waals surface area contributed by atoms with Crippen molar-refractivity contribution in [1.82, 2.24) is 20.9 Å². The molecule has 8 N–H and O–H groups in total. The molecule has 1 aliphatic carbocycles. The van der Waals surface area contributed by atoms with Crippen LogP contribution in [-0.4, -0.2) is 76.9 Å². The maximum absolute atomic E-state index is 13.6. The molecule has 0 radical (unpaired) electrons. The van der Waals surface area contributed by atoms with Gasteiger partial charge in [-0.1, -0.05) is 43.2 Å². The third kappa shape index (κ3) is 10.8. The van der Waals surface area contributed by atoms with Crippen LogP contribution in [-0.2, 0) is 20.8 Å². The molecule has 1 aromatic rings. The fraction of sp³-hybridized carbons (Fsp3) is 0.565. The molecule has 0 unspecified atom stereocenters. The van der Waals surface area contributed by atoms with Crippen LogP contribution in [0.3, 0.4) is 0 Å². The number of nitrogens with zero attached hydrogens (tertiary/aromatic N) is 1. The van der Waals surface area contributed by atoms with Gasteiger partial charge in [0.15, 0.2) is 5.96 Å². The highest BCUT2D eigenvalue weighted by molar-refractivity contribution is 6.43. The molecular weight excluding hydrogens is 487 g/mol. The molecule has 36 heavy (non-hydrogen) atoms. The van der Waals surface area contributed by atoms with Gasteiger partial charge >= 0.3 is 7.12 Å². The second-order valence-electron chi connectivity index (χ2n) is 8.92. The van der Waals surface area contributed by atoms with Gasteiger partial charge in [0, 0.05) is 25.9 Å². The Hall–Kier alpha value is -2.83. The molecule has 1 aromatic carbocycles. The molecule has 0 bridgehead atoms. The Labute approximate surface area is 218 Å². The van der Waals surface area contributed by atoms with Crippen molar-refractivity contribution in [2.24, 2.45) is 5.73 Å². The van der Waals surface area contributed by atoms with Crippen molar-refractivity contribution in [3.05, 3.63) is 35.9 Å². The third-order valence-electron chi connectivity index (χ3n) is 6.03. The minimum absolute atomic E-state index is 0. The third-order valence-corrected chi connectivity index (χ3v) is 6.03. The van der Waals surface area contributed by atoms with Gasteiger partial charge in [-0.3, -0.25) is 19.8 Å².